The quantitative estimate of drug-likeness (QED) is 0.729. The number of hydrogen-bond acceptors (Lipinski definition) is 6. The average Bonchev–Trinajstić information content (AvgIpc) is 3.43. The van der Waals surface area contributed by atoms with Gasteiger partial charge >= 0.3 is 11.9 Å². The number of nitrogens with one attached hydrogen (secondary N) is 1. The van der Waals surface area contributed by atoms with Crippen LogP contribution in [0.25, 0.3) is 10.4 Å². The third-order valence-electron chi connectivity index (χ3n) is 4.10. The van der Waals surface area contributed by atoms with Crippen LogP contribution in [0, 0.1) is 5.92 Å². The van der Waals surface area contributed by atoms with Gasteiger partial charge in [-0.3, -0.25) is 9.59 Å². The normalized spacial score (nSPS) is 14.3. The molecule has 1 N–H and O–H groups in total. The number of carbonyl (C=O) groups is 3. The van der Waals surface area contributed by atoms with Crippen molar-refractivity contribution in [3.05, 3.63) is 42.0 Å². The van der Waals surface area contributed by atoms with E-state index in [4.69, 9.17) is 9.47 Å². The summed E-state index contributed by atoms with van der Waals surface area (Å²) in [7, 11) is 0. The Labute approximate surface area is 161 Å². The number of benzene rings is 1. The minimum Gasteiger partial charge on any atom is -0.462 e. The lowest BCUT2D eigenvalue weighted by Crippen LogP contribution is -2.30. The summed E-state index contributed by atoms with van der Waals surface area (Å²) in [6.07, 6.45) is 0.687. The highest BCUT2D eigenvalue weighted by Crippen LogP contribution is 2.36. The van der Waals surface area contributed by atoms with Crippen LogP contribution in [0.5, 0.6) is 0 Å². The number of rotatable bonds is 7. The molecule has 1 saturated carbocycles. The monoisotopic (exact) mass is 387 g/mol. The van der Waals surface area contributed by atoms with Crippen LogP contribution in [0.3, 0.4) is 0 Å². The van der Waals surface area contributed by atoms with Crippen molar-refractivity contribution in [2.24, 2.45) is 5.92 Å². The lowest BCUT2D eigenvalue weighted by atomic mass is 10.1. The number of hydrogen-bond donors (Lipinski definition) is 1. The Morgan fingerprint density at radius 1 is 1.22 bits per heavy atom. The lowest BCUT2D eigenvalue weighted by molar-refractivity contribution is -0.154. The van der Waals surface area contributed by atoms with Gasteiger partial charge in [-0.2, -0.15) is 0 Å². The highest BCUT2D eigenvalue weighted by molar-refractivity contribution is 7.20. The molecular formula is C20H21NO5S. The van der Waals surface area contributed by atoms with E-state index in [9.17, 15) is 14.4 Å². The second kappa shape index (κ2) is 8.35. The van der Waals surface area contributed by atoms with Crippen LogP contribution in [-0.2, 0) is 19.1 Å². The van der Waals surface area contributed by atoms with Crippen LogP contribution in [0.15, 0.2) is 36.4 Å². The minimum absolute atomic E-state index is 0.0817. The molecule has 1 fully saturated rings. The third kappa shape index (κ3) is 4.74. The summed E-state index contributed by atoms with van der Waals surface area (Å²) >= 11 is 1.28. The van der Waals surface area contributed by atoms with Crippen molar-refractivity contribution in [1.29, 1.82) is 0 Å². The first-order chi connectivity index (χ1) is 13.0. The molecule has 0 unspecified atom stereocenters. The molecule has 3 rings (SSSR count). The van der Waals surface area contributed by atoms with Gasteiger partial charge in [0.25, 0.3) is 5.91 Å². The van der Waals surface area contributed by atoms with Gasteiger partial charge in [0.1, 0.15) is 5.00 Å². The predicted octanol–water partition coefficient (Wildman–Crippen LogP) is 3.87. The molecule has 6 nitrogen and oxygen atoms in total. The van der Waals surface area contributed by atoms with Gasteiger partial charge in [-0.05, 0) is 38.3 Å². The average molecular weight is 387 g/mol. The Bertz CT molecular complexity index is 841. The summed E-state index contributed by atoms with van der Waals surface area (Å²) in [5.74, 6) is -1.41. The van der Waals surface area contributed by atoms with Gasteiger partial charge in [-0.15, -0.1) is 11.3 Å². The van der Waals surface area contributed by atoms with Crippen molar-refractivity contribution in [2.75, 3.05) is 11.9 Å². The van der Waals surface area contributed by atoms with E-state index in [1.54, 1.807) is 13.0 Å². The number of ether oxygens (including phenoxy) is 2. The summed E-state index contributed by atoms with van der Waals surface area (Å²) in [5, 5.41) is 3.09. The van der Waals surface area contributed by atoms with Crippen LogP contribution in [0.1, 0.15) is 37.0 Å². The molecule has 0 spiro atoms. The Morgan fingerprint density at radius 3 is 2.56 bits per heavy atom. The molecule has 0 radical (unpaired) electrons. The second-order valence-corrected chi connectivity index (χ2v) is 7.33. The molecule has 1 aromatic carbocycles. The van der Waals surface area contributed by atoms with Gasteiger partial charge < -0.3 is 14.8 Å². The Morgan fingerprint density at radius 2 is 1.93 bits per heavy atom. The number of esters is 2. The first-order valence-corrected chi connectivity index (χ1v) is 9.69. The fraction of sp³-hybridized carbons (Fsp3) is 0.350. The number of carbonyl (C=O) groups excluding carboxylic acids is 3. The van der Waals surface area contributed by atoms with Crippen molar-refractivity contribution in [1.82, 2.24) is 0 Å². The van der Waals surface area contributed by atoms with E-state index in [2.05, 4.69) is 5.32 Å². The van der Waals surface area contributed by atoms with E-state index in [0.29, 0.717) is 5.00 Å². The highest BCUT2D eigenvalue weighted by Gasteiger charge is 2.33. The molecule has 7 heteroatoms. The number of thiophene rings is 1. The summed E-state index contributed by atoms with van der Waals surface area (Å²) in [4.78, 5) is 37.3. The second-order valence-electron chi connectivity index (χ2n) is 6.28. The highest BCUT2D eigenvalue weighted by atomic mass is 32.1. The third-order valence-corrected chi connectivity index (χ3v) is 5.19. The fourth-order valence-corrected chi connectivity index (χ4v) is 3.50. The summed E-state index contributed by atoms with van der Waals surface area (Å²) in [6, 6.07) is 11.3. The molecule has 1 aromatic heterocycles. The van der Waals surface area contributed by atoms with Gasteiger partial charge in [0.15, 0.2) is 6.10 Å². The van der Waals surface area contributed by atoms with Crippen molar-refractivity contribution in [3.63, 3.8) is 0 Å². The van der Waals surface area contributed by atoms with Crippen LogP contribution >= 0.6 is 11.3 Å². The summed E-state index contributed by atoms with van der Waals surface area (Å²) < 4.78 is 10.3. The van der Waals surface area contributed by atoms with Crippen molar-refractivity contribution < 1.29 is 23.9 Å². The van der Waals surface area contributed by atoms with E-state index in [-0.39, 0.29) is 24.1 Å². The molecule has 0 aliphatic heterocycles. The van der Waals surface area contributed by atoms with Crippen LogP contribution in [0.4, 0.5) is 5.00 Å². The van der Waals surface area contributed by atoms with Gasteiger partial charge in [-0.1, -0.05) is 30.3 Å². The zero-order chi connectivity index (χ0) is 19.4. The van der Waals surface area contributed by atoms with Gasteiger partial charge in [0.05, 0.1) is 18.1 Å². The topological polar surface area (TPSA) is 81.7 Å². The van der Waals surface area contributed by atoms with Gasteiger partial charge in [0.2, 0.25) is 0 Å². The molecule has 0 saturated heterocycles. The van der Waals surface area contributed by atoms with E-state index >= 15 is 0 Å². The Kier molecular flexibility index (Phi) is 5.91. The molecule has 1 aliphatic rings. The summed E-state index contributed by atoms with van der Waals surface area (Å²) in [6.45, 7) is 3.48. The predicted molar refractivity (Wildman–Crippen MR) is 103 cm³/mol. The molecule has 2 aromatic rings. The first kappa shape index (κ1) is 19.1. The number of anilines is 1. The van der Waals surface area contributed by atoms with Gasteiger partial charge in [-0.25, -0.2) is 4.79 Å². The van der Waals surface area contributed by atoms with Crippen molar-refractivity contribution >= 4 is 34.2 Å². The summed E-state index contributed by atoms with van der Waals surface area (Å²) in [5.41, 5.74) is 1.22. The first-order valence-electron chi connectivity index (χ1n) is 8.87. The molecule has 1 amide bonds. The smallest absolute Gasteiger partial charge is 0.341 e. The maximum Gasteiger partial charge on any atom is 0.341 e. The van der Waals surface area contributed by atoms with E-state index < -0.39 is 18.0 Å². The van der Waals surface area contributed by atoms with E-state index in [1.807, 2.05) is 30.3 Å². The molecule has 27 heavy (non-hydrogen) atoms. The zero-order valence-corrected chi connectivity index (χ0v) is 16.0. The molecular weight excluding hydrogens is 366 g/mol. The lowest BCUT2D eigenvalue weighted by Gasteiger charge is -2.13. The number of amides is 1. The molecule has 142 valence electrons. The molecule has 1 heterocycles. The van der Waals surface area contributed by atoms with Crippen molar-refractivity contribution in [3.8, 4) is 10.4 Å². The molecule has 1 aliphatic carbocycles. The van der Waals surface area contributed by atoms with Crippen LogP contribution in [-0.4, -0.2) is 30.6 Å². The van der Waals surface area contributed by atoms with Crippen LogP contribution in [0.2, 0.25) is 0 Å². The Hall–Kier alpha value is -2.67. The zero-order valence-electron chi connectivity index (χ0n) is 15.2. The maximum absolute atomic E-state index is 12.4. The van der Waals surface area contributed by atoms with E-state index in [0.717, 1.165) is 23.3 Å². The standard InChI is InChI=1S/C20H21NO5S/c1-3-25-20(24)15-11-16(13-7-5-4-6-8-13)27-18(15)21-17(22)12(2)26-19(23)14-9-10-14/h4-8,11-12,14H,3,9-10H2,1-2H3,(H,21,22)/t12-/m0/s1. The maximum atomic E-state index is 12.4. The SMILES string of the molecule is CCOC(=O)c1cc(-c2ccccc2)sc1NC(=O)[C@H](C)OC(=O)C1CC1. The molecule has 1 atom stereocenters. The van der Waals surface area contributed by atoms with Gasteiger partial charge in [0, 0.05) is 4.88 Å². The van der Waals surface area contributed by atoms with E-state index in [1.165, 1.54) is 18.3 Å². The fourth-order valence-electron chi connectivity index (χ4n) is 2.45. The van der Waals surface area contributed by atoms with Crippen molar-refractivity contribution in [2.45, 2.75) is 32.8 Å². The largest absolute Gasteiger partial charge is 0.462 e. The Balaban J connectivity index is 1.79. The molecule has 0 bridgehead atoms. The van der Waals surface area contributed by atoms with Crippen LogP contribution < -0.4 is 5.32 Å². The minimum atomic E-state index is -0.935.